The van der Waals surface area contributed by atoms with Gasteiger partial charge in [-0.15, -0.1) is 13.2 Å². The van der Waals surface area contributed by atoms with E-state index in [9.17, 15) is 18.0 Å². The molecule has 200 valence electrons. The van der Waals surface area contributed by atoms with Crippen molar-refractivity contribution in [3.05, 3.63) is 107 Å². The van der Waals surface area contributed by atoms with Crippen LogP contribution in [0.2, 0.25) is 0 Å². The number of hydrogen-bond acceptors (Lipinski definition) is 7. The molecule has 5 aromatic rings. The number of nitrogens with two attached hydrogens (primary N) is 1. The van der Waals surface area contributed by atoms with Crippen molar-refractivity contribution in [1.82, 2.24) is 19.5 Å². The smallest absolute Gasteiger partial charge is 0.404 e. The van der Waals surface area contributed by atoms with Gasteiger partial charge in [-0.1, -0.05) is 36.4 Å². The molecule has 0 amide bonds. The molecule has 0 aliphatic heterocycles. The summed E-state index contributed by atoms with van der Waals surface area (Å²) in [7, 11) is 0. The Morgan fingerprint density at radius 2 is 1.85 bits per heavy atom. The van der Waals surface area contributed by atoms with Gasteiger partial charge in [-0.05, 0) is 42.1 Å². The molecule has 0 radical (unpaired) electrons. The van der Waals surface area contributed by atoms with Gasteiger partial charge in [0.15, 0.2) is 0 Å². The van der Waals surface area contributed by atoms with Crippen LogP contribution in [0, 0.1) is 6.57 Å². The predicted octanol–water partition coefficient (Wildman–Crippen LogP) is 6.05. The molecule has 0 saturated carbocycles. The Hall–Kier alpha value is -5.44. The van der Waals surface area contributed by atoms with E-state index >= 15 is 0 Å². The number of benzene rings is 2. The Kier molecular flexibility index (Phi) is 6.79. The van der Waals surface area contributed by atoms with Crippen molar-refractivity contribution >= 4 is 28.2 Å². The van der Waals surface area contributed by atoms with E-state index in [1.54, 1.807) is 55.5 Å². The SMILES string of the molecule is [C-]#[N+]c1cnc(N)nc1N[C@@H](C)c1cc2cccc(-c3cncc(OC(F)(F)F)c3)c2c(=O)n1-c1ccccc1. The Morgan fingerprint density at radius 1 is 1.07 bits per heavy atom. The minimum Gasteiger partial charge on any atom is -0.404 e. The van der Waals surface area contributed by atoms with Crippen molar-refractivity contribution in [2.45, 2.75) is 19.3 Å². The fourth-order valence-corrected chi connectivity index (χ4v) is 4.40. The lowest BCUT2D eigenvalue weighted by atomic mass is 9.98. The third kappa shape index (κ3) is 5.25. The van der Waals surface area contributed by atoms with Gasteiger partial charge in [0.2, 0.25) is 11.6 Å². The fourth-order valence-electron chi connectivity index (χ4n) is 4.40. The topological polar surface area (TPSA) is 112 Å². The molecular weight excluding hydrogens is 523 g/mol. The minimum absolute atomic E-state index is 0.0176. The highest BCUT2D eigenvalue weighted by Crippen LogP contribution is 2.33. The number of rotatable bonds is 6. The van der Waals surface area contributed by atoms with Crippen LogP contribution in [0.3, 0.4) is 0 Å². The Bertz CT molecular complexity index is 1820. The van der Waals surface area contributed by atoms with Crippen molar-refractivity contribution in [1.29, 1.82) is 0 Å². The molecule has 0 bridgehead atoms. The van der Waals surface area contributed by atoms with Crippen LogP contribution in [0.15, 0.2) is 84.0 Å². The average Bonchev–Trinajstić information content (AvgIpc) is 2.92. The molecule has 0 aliphatic carbocycles. The van der Waals surface area contributed by atoms with Crippen molar-refractivity contribution < 1.29 is 17.9 Å². The molecule has 0 unspecified atom stereocenters. The summed E-state index contributed by atoms with van der Waals surface area (Å²) in [6, 6.07) is 16.4. The maximum Gasteiger partial charge on any atom is 0.573 e. The van der Waals surface area contributed by atoms with Gasteiger partial charge in [0.05, 0.1) is 24.2 Å². The molecule has 12 heteroatoms. The lowest BCUT2D eigenvalue weighted by Crippen LogP contribution is -2.26. The second-order valence-corrected chi connectivity index (χ2v) is 8.71. The van der Waals surface area contributed by atoms with E-state index in [0.29, 0.717) is 22.3 Å². The monoisotopic (exact) mass is 543 g/mol. The highest BCUT2D eigenvalue weighted by molar-refractivity contribution is 5.96. The molecule has 5 rings (SSSR count). The van der Waals surface area contributed by atoms with Crippen LogP contribution in [-0.2, 0) is 0 Å². The first-order valence-electron chi connectivity index (χ1n) is 11.9. The number of nitrogens with zero attached hydrogens (tertiary/aromatic N) is 5. The molecule has 9 nitrogen and oxygen atoms in total. The third-order valence-corrected chi connectivity index (χ3v) is 6.05. The highest BCUT2D eigenvalue weighted by Gasteiger charge is 2.31. The summed E-state index contributed by atoms with van der Waals surface area (Å²) in [5, 5.41) is 3.99. The van der Waals surface area contributed by atoms with Crippen molar-refractivity contribution in [2.24, 2.45) is 0 Å². The molecule has 2 aromatic carbocycles. The summed E-state index contributed by atoms with van der Waals surface area (Å²) in [6.07, 6.45) is -1.26. The number of fused-ring (bicyclic) bond motifs is 1. The number of alkyl halides is 3. The number of nitrogen functional groups attached to an aromatic ring is 1. The molecule has 3 aromatic heterocycles. The minimum atomic E-state index is -4.89. The van der Waals surface area contributed by atoms with Crippen LogP contribution in [0.1, 0.15) is 18.7 Å². The first-order valence-corrected chi connectivity index (χ1v) is 11.9. The first-order chi connectivity index (χ1) is 19.1. The number of pyridine rings is 2. The Balaban J connectivity index is 1.71. The lowest BCUT2D eigenvalue weighted by Gasteiger charge is -2.22. The normalized spacial score (nSPS) is 12.1. The molecule has 0 fully saturated rings. The zero-order valence-corrected chi connectivity index (χ0v) is 20.8. The molecule has 40 heavy (non-hydrogen) atoms. The number of aromatic nitrogens is 4. The van der Waals surface area contributed by atoms with E-state index in [1.807, 2.05) is 6.07 Å². The first kappa shape index (κ1) is 26.2. The second-order valence-electron chi connectivity index (χ2n) is 8.71. The van der Waals surface area contributed by atoms with Gasteiger partial charge in [-0.2, -0.15) is 0 Å². The summed E-state index contributed by atoms with van der Waals surface area (Å²) < 4.78 is 44.1. The molecule has 3 heterocycles. The summed E-state index contributed by atoms with van der Waals surface area (Å²) in [4.78, 5) is 29.5. The lowest BCUT2D eigenvalue weighted by molar-refractivity contribution is -0.274. The van der Waals surface area contributed by atoms with Crippen LogP contribution < -0.4 is 21.3 Å². The molecule has 0 aliphatic rings. The number of anilines is 2. The predicted molar refractivity (Wildman–Crippen MR) is 144 cm³/mol. The van der Waals surface area contributed by atoms with Crippen LogP contribution >= 0.6 is 0 Å². The molecule has 3 N–H and O–H groups in total. The van der Waals surface area contributed by atoms with Crippen molar-refractivity contribution in [3.8, 4) is 22.6 Å². The van der Waals surface area contributed by atoms with Crippen LogP contribution in [-0.4, -0.2) is 25.9 Å². The van der Waals surface area contributed by atoms with Gasteiger partial charge in [-0.25, -0.2) is 14.8 Å². The van der Waals surface area contributed by atoms with E-state index in [2.05, 4.69) is 29.9 Å². The fraction of sp³-hybridized carbons (Fsp3) is 0.107. The number of halogens is 3. The van der Waals surface area contributed by atoms with Crippen LogP contribution in [0.25, 0.3) is 32.4 Å². The highest BCUT2D eigenvalue weighted by atomic mass is 19.4. The maximum atomic E-state index is 14.2. The zero-order chi connectivity index (χ0) is 28.4. The molecule has 1 atom stereocenters. The van der Waals surface area contributed by atoms with E-state index in [4.69, 9.17) is 12.3 Å². The van der Waals surface area contributed by atoms with Gasteiger partial charge in [0.1, 0.15) is 11.6 Å². The van der Waals surface area contributed by atoms with Gasteiger partial charge in [-0.3, -0.25) is 14.3 Å². The quantitative estimate of drug-likeness (QED) is 0.251. The zero-order valence-electron chi connectivity index (χ0n) is 20.8. The number of nitrogens with one attached hydrogen (secondary N) is 1. The Labute approximate surface area is 225 Å². The van der Waals surface area contributed by atoms with Crippen LogP contribution in [0.4, 0.5) is 30.6 Å². The van der Waals surface area contributed by atoms with Crippen molar-refractivity contribution in [2.75, 3.05) is 11.1 Å². The number of ether oxygens (including phenoxy) is 1. The third-order valence-electron chi connectivity index (χ3n) is 6.05. The number of para-hydroxylation sites is 1. The second kappa shape index (κ2) is 10.4. The van der Waals surface area contributed by atoms with Crippen molar-refractivity contribution in [3.63, 3.8) is 0 Å². The maximum absolute atomic E-state index is 14.2. The standard InChI is InChI=1S/C28H20F3N7O2/c1-16(36-25-22(33-2)15-35-27(32)37-25)23-12-17-7-6-10-21(18-11-20(14-34-13-18)40-28(29,30)31)24(17)26(39)38(23)19-8-4-3-5-9-19/h3-16H,1H3,(H3,32,35,36,37)/t16-/m0/s1. The van der Waals surface area contributed by atoms with Gasteiger partial charge in [0.25, 0.3) is 5.56 Å². The van der Waals surface area contributed by atoms with Gasteiger partial charge < -0.3 is 15.8 Å². The molecule has 0 spiro atoms. The summed E-state index contributed by atoms with van der Waals surface area (Å²) in [6.45, 7) is 9.23. The number of hydrogen-bond donors (Lipinski definition) is 2. The van der Waals surface area contributed by atoms with E-state index in [0.717, 1.165) is 6.20 Å². The van der Waals surface area contributed by atoms with Gasteiger partial charge in [0, 0.05) is 29.3 Å². The largest absolute Gasteiger partial charge is 0.573 e. The Morgan fingerprint density at radius 3 is 2.58 bits per heavy atom. The van der Waals surface area contributed by atoms with E-state index < -0.39 is 23.7 Å². The summed E-state index contributed by atoms with van der Waals surface area (Å²) >= 11 is 0. The summed E-state index contributed by atoms with van der Waals surface area (Å²) in [5.74, 6) is -0.306. The van der Waals surface area contributed by atoms with Crippen LogP contribution in [0.5, 0.6) is 5.75 Å². The molecular formula is C28H20F3N7O2. The average molecular weight is 544 g/mol. The summed E-state index contributed by atoms with van der Waals surface area (Å²) in [5.41, 5.74) is 7.26. The van der Waals surface area contributed by atoms with Gasteiger partial charge >= 0.3 is 6.36 Å². The van der Waals surface area contributed by atoms with E-state index in [-0.39, 0.29) is 28.4 Å². The van der Waals surface area contributed by atoms with E-state index in [1.165, 1.54) is 23.0 Å². The molecule has 0 saturated heterocycles.